The second-order valence-electron chi connectivity index (χ2n) is 6.73. The molecule has 1 unspecified atom stereocenters. The number of nitrogens with one attached hydrogen (secondary N) is 1. The molecule has 0 aromatic carbocycles. The van der Waals surface area contributed by atoms with Crippen LogP contribution in [-0.2, 0) is 14.3 Å². The monoisotopic (exact) mass is 468 g/mol. The molecule has 0 aromatic heterocycles. The Morgan fingerprint density at radius 2 is 1.92 bits per heavy atom. The number of nitrogens with zero attached hydrogens (tertiary/aromatic N) is 3. The second-order valence-corrected chi connectivity index (χ2v) is 6.73. The Morgan fingerprint density at radius 3 is 2.48 bits per heavy atom. The fourth-order valence-corrected chi connectivity index (χ4v) is 3.38. The molecule has 8 heteroatoms. The number of hydrogen-bond acceptors (Lipinski definition) is 5. The fourth-order valence-electron chi connectivity index (χ4n) is 3.38. The Labute approximate surface area is 168 Å². The molecule has 1 atom stereocenters. The predicted molar refractivity (Wildman–Crippen MR) is 110 cm³/mol. The lowest BCUT2D eigenvalue weighted by Gasteiger charge is -2.34. The Morgan fingerprint density at radius 1 is 1.28 bits per heavy atom. The van der Waals surface area contributed by atoms with Crippen LogP contribution in [0.25, 0.3) is 0 Å². The molecular formula is C17H33IN4O3. The molecule has 2 fully saturated rings. The number of likely N-dealkylation sites (tertiary alicyclic amines) is 1. The lowest BCUT2D eigenvalue weighted by atomic mass is 9.97. The maximum absolute atomic E-state index is 11.6. The number of halogens is 1. The molecule has 146 valence electrons. The number of ether oxygens (including phenoxy) is 2. The van der Waals surface area contributed by atoms with E-state index in [1.54, 1.807) is 0 Å². The van der Waals surface area contributed by atoms with Gasteiger partial charge in [-0.3, -0.25) is 14.7 Å². The van der Waals surface area contributed by atoms with Crippen molar-refractivity contribution in [2.45, 2.75) is 19.8 Å². The van der Waals surface area contributed by atoms with Crippen LogP contribution >= 0.6 is 24.0 Å². The standard InChI is InChI=1S/C17H32N4O3.HI/c1-14(13-20-8-10-24-11-9-20)12-19-17(18-2)21-6-4-15(5-7-21)16(22)23-3;/h14-15H,4-13H2,1-3H3,(H,18,19);1H. The van der Waals surface area contributed by atoms with Gasteiger partial charge in [-0.1, -0.05) is 6.92 Å². The minimum absolute atomic E-state index is 0. The lowest BCUT2D eigenvalue weighted by Crippen LogP contribution is -2.48. The second kappa shape index (κ2) is 11.9. The first kappa shape index (κ1) is 22.4. The quantitative estimate of drug-likeness (QED) is 0.282. The number of piperidine rings is 1. The van der Waals surface area contributed by atoms with Crippen LogP contribution in [0.15, 0.2) is 4.99 Å². The molecule has 0 aromatic rings. The van der Waals surface area contributed by atoms with E-state index in [-0.39, 0.29) is 35.9 Å². The summed E-state index contributed by atoms with van der Waals surface area (Å²) in [6, 6.07) is 0. The number of hydrogen-bond donors (Lipinski definition) is 1. The van der Waals surface area contributed by atoms with E-state index in [0.717, 1.165) is 71.3 Å². The van der Waals surface area contributed by atoms with Crippen LogP contribution < -0.4 is 5.32 Å². The molecule has 2 heterocycles. The Kier molecular flexibility index (Phi) is 10.7. The third-order valence-electron chi connectivity index (χ3n) is 4.82. The summed E-state index contributed by atoms with van der Waals surface area (Å²) in [5, 5.41) is 3.49. The fraction of sp³-hybridized carbons (Fsp3) is 0.882. The first-order valence-corrected chi connectivity index (χ1v) is 8.97. The topological polar surface area (TPSA) is 66.4 Å². The number of carbonyl (C=O) groups is 1. The smallest absolute Gasteiger partial charge is 0.308 e. The van der Waals surface area contributed by atoms with Crippen molar-refractivity contribution < 1.29 is 14.3 Å². The van der Waals surface area contributed by atoms with Gasteiger partial charge in [0.15, 0.2) is 5.96 Å². The molecular weight excluding hydrogens is 435 g/mol. The molecule has 1 N–H and O–H groups in total. The number of carbonyl (C=O) groups excluding carboxylic acids is 1. The van der Waals surface area contributed by atoms with Crippen molar-refractivity contribution in [3.63, 3.8) is 0 Å². The first-order chi connectivity index (χ1) is 11.6. The van der Waals surface area contributed by atoms with Crippen molar-refractivity contribution in [3.05, 3.63) is 0 Å². The number of guanidine groups is 1. The zero-order valence-corrected chi connectivity index (χ0v) is 18.0. The number of aliphatic imine (C=N–C) groups is 1. The molecule has 0 saturated carbocycles. The number of morpholine rings is 1. The zero-order chi connectivity index (χ0) is 17.4. The highest BCUT2D eigenvalue weighted by molar-refractivity contribution is 14.0. The number of esters is 1. The van der Waals surface area contributed by atoms with Crippen LogP contribution in [0.3, 0.4) is 0 Å². The predicted octanol–water partition coefficient (Wildman–Crippen LogP) is 1.03. The van der Waals surface area contributed by atoms with E-state index in [4.69, 9.17) is 9.47 Å². The highest BCUT2D eigenvalue weighted by Gasteiger charge is 2.27. The van der Waals surface area contributed by atoms with E-state index in [1.165, 1.54) is 7.11 Å². The van der Waals surface area contributed by atoms with Crippen LogP contribution in [-0.4, -0.2) is 88.4 Å². The van der Waals surface area contributed by atoms with Gasteiger partial charge in [-0.25, -0.2) is 0 Å². The van der Waals surface area contributed by atoms with Crippen molar-refractivity contribution in [2.24, 2.45) is 16.8 Å². The first-order valence-electron chi connectivity index (χ1n) is 8.97. The van der Waals surface area contributed by atoms with Gasteiger partial charge in [-0.15, -0.1) is 24.0 Å². The van der Waals surface area contributed by atoms with Crippen LogP contribution in [0.4, 0.5) is 0 Å². The molecule has 0 spiro atoms. The molecule has 2 rings (SSSR count). The average molecular weight is 468 g/mol. The molecule has 0 bridgehead atoms. The summed E-state index contributed by atoms with van der Waals surface area (Å²) in [7, 11) is 3.28. The van der Waals surface area contributed by atoms with Gasteiger partial charge in [0.05, 0.1) is 26.2 Å². The summed E-state index contributed by atoms with van der Waals surface area (Å²) in [4.78, 5) is 20.7. The maximum Gasteiger partial charge on any atom is 0.308 e. The summed E-state index contributed by atoms with van der Waals surface area (Å²) in [6.07, 6.45) is 1.66. The molecule has 25 heavy (non-hydrogen) atoms. The number of rotatable bonds is 5. The van der Waals surface area contributed by atoms with Crippen molar-refractivity contribution >= 4 is 35.9 Å². The molecule has 2 saturated heterocycles. The molecule has 7 nitrogen and oxygen atoms in total. The molecule has 0 radical (unpaired) electrons. The van der Waals surface area contributed by atoms with Crippen molar-refractivity contribution in [1.29, 1.82) is 0 Å². The normalized spacial score (nSPS) is 21.4. The minimum atomic E-state index is -0.0864. The highest BCUT2D eigenvalue weighted by atomic mass is 127. The summed E-state index contributed by atoms with van der Waals surface area (Å²) in [6.45, 7) is 9.68. The van der Waals surface area contributed by atoms with Crippen molar-refractivity contribution in [2.75, 3.05) is 66.6 Å². The van der Waals surface area contributed by atoms with Crippen molar-refractivity contribution in [1.82, 2.24) is 15.1 Å². The van der Waals surface area contributed by atoms with Gasteiger partial charge in [0.25, 0.3) is 0 Å². The van der Waals surface area contributed by atoms with Crippen LogP contribution in [0.5, 0.6) is 0 Å². The van der Waals surface area contributed by atoms with E-state index in [2.05, 4.69) is 27.0 Å². The van der Waals surface area contributed by atoms with E-state index < -0.39 is 0 Å². The van der Waals surface area contributed by atoms with Gasteiger partial charge < -0.3 is 19.7 Å². The largest absolute Gasteiger partial charge is 0.469 e. The van der Waals surface area contributed by atoms with Gasteiger partial charge in [-0.05, 0) is 18.8 Å². The van der Waals surface area contributed by atoms with Gasteiger partial charge in [0, 0.05) is 46.3 Å². The van der Waals surface area contributed by atoms with Gasteiger partial charge in [0.2, 0.25) is 0 Å². The van der Waals surface area contributed by atoms with Crippen LogP contribution in [0.1, 0.15) is 19.8 Å². The van der Waals surface area contributed by atoms with Gasteiger partial charge >= 0.3 is 5.97 Å². The lowest BCUT2D eigenvalue weighted by molar-refractivity contribution is -0.146. The number of methoxy groups -OCH3 is 1. The van der Waals surface area contributed by atoms with Crippen LogP contribution in [0.2, 0.25) is 0 Å². The van der Waals surface area contributed by atoms with E-state index >= 15 is 0 Å². The zero-order valence-electron chi connectivity index (χ0n) is 15.7. The minimum Gasteiger partial charge on any atom is -0.469 e. The Bertz CT molecular complexity index is 422. The third kappa shape index (κ3) is 7.26. The molecule has 0 amide bonds. The highest BCUT2D eigenvalue weighted by Crippen LogP contribution is 2.18. The molecule has 0 aliphatic carbocycles. The summed E-state index contributed by atoms with van der Waals surface area (Å²) >= 11 is 0. The maximum atomic E-state index is 11.6. The summed E-state index contributed by atoms with van der Waals surface area (Å²) in [5.74, 6) is 1.43. The SMILES string of the molecule is CN=C(NCC(C)CN1CCOCC1)N1CCC(C(=O)OC)CC1.I. The summed E-state index contributed by atoms with van der Waals surface area (Å²) in [5.41, 5.74) is 0. The summed E-state index contributed by atoms with van der Waals surface area (Å²) < 4.78 is 10.2. The third-order valence-corrected chi connectivity index (χ3v) is 4.82. The average Bonchev–Trinajstić information content (AvgIpc) is 2.63. The van der Waals surface area contributed by atoms with Gasteiger partial charge in [-0.2, -0.15) is 0 Å². The van der Waals surface area contributed by atoms with Crippen molar-refractivity contribution in [3.8, 4) is 0 Å². The Balaban J connectivity index is 0.00000312. The molecule has 2 aliphatic heterocycles. The molecule has 2 aliphatic rings. The van der Waals surface area contributed by atoms with E-state index in [9.17, 15) is 4.79 Å². The Hall–Kier alpha value is -0.610. The van der Waals surface area contributed by atoms with Gasteiger partial charge in [0.1, 0.15) is 0 Å². The van der Waals surface area contributed by atoms with E-state index in [0.29, 0.717) is 5.92 Å². The van der Waals surface area contributed by atoms with Crippen LogP contribution in [0, 0.1) is 11.8 Å². The van der Waals surface area contributed by atoms with E-state index in [1.807, 2.05) is 7.05 Å².